The van der Waals surface area contributed by atoms with Gasteiger partial charge in [-0.15, -0.1) is 0 Å². The molecule has 0 bridgehead atoms. The second kappa shape index (κ2) is 3.59. The Bertz CT molecular complexity index is 530. The molecular weight excluding hydrogens is 204 g/mol. The van der Waals surface area contributed by atoms with E-state index in [1.165, 1.54) is 10.2 Å². The van der Waals surface area contributed by atoms with Crippen LogP contribution in [0.5, 0.6) is 0 Å². The Hall–Kier alpha value is -1.91. The van der Waals surface area contributed by atoms with Crippen molar-refractivity contribution >= 4 is 0 Å². The van der Waals surface area contributed by atoms with Gasteiger partial charge in [-0.25, -0.2) is 9.89 Å². The minimum Gasteiger partial charge on any atom is -0.244 e. The van der Waals surface area contributed by atoms with E-state index in [4.69, 9.17) is 0 Å². The third-order valence-electron chi connectivity index (χ3n) is 2.45. The smallest absolute Gasteiger partial charge is 0.244 e. The molecule has 1 aromatic heterocycles. The molecule has 1 heterocycles. The molecule has 84 valence electrons. The third-order valence-corrected chi connectivity index (χ3v) is 2.45. The van der Waals surface area contributed by atoms with Gasteiger partial charge in [0.25, 0.3) is 0 Å². The highest BCUT2D eigenvalue weighted by Gasteiger charge is 2.13. The minimum absolute atomic E-state index is 0.104. The quantitative estimate of drug-likeness (QED) is 0.783. The van der Waals surface area contributed by atoms with Gasteiger partial charge in [0.15, 0.2) is 0 Å². The molecule has 16 heavy (non-hydrogen) atoms. The number of tetrazole rings is 1. The molecule has 0 aliphatic rings. The highest BCUT2D eigenvalue weighted by Crippen LogP contribution is 2.22. The molecular formula is C11H14N4O. The van der Waals surface area contributed by atoms with Gasteiger partial charge in [-0.2, -0.15) is 4.68 Å². The van der Waals surface area contributed by atoms with Crippen molar-refractivity contribution in [3.63, 3.8) is 0 Å². The number of H-pyrrole nitrogens is 1. The van der Waals surface area contributed by atoms with Crippen LogP contribution in [0.3, 0.4) is 0 Å². The van der Waals surface area contributed by atoms with E-state index in [0.29, 0.717) is 5.69 Å². The van der Waals surface area contributed by atoms with E-state index < -0.39 is 0 Å². The van der Waals surface area contributed by atoms with Crippen LogP contribution < -0.4 is 5.69 Å². The van der Waals surface area contributed by atoms with Gasteiger partial charge in [0.1, 0.15) is 0 Å². The highest BCUT2D eigenvalue weighted by atomic mass is 16.2. The van der Waals surface area contributed by atoms with E-state index in [2.05, 4.69) is 36.3 Å². The fraction of sp³-hybridized carbons (Fsp3) is 0.364. The normalized spacial score (nSPS) is 11.7. The van der Waals surface area contributed by atoms with Crippen LogP contribution in [0, 0.1) is 0 Å². The van der Waals surface area contributed by atoms with E-state index >= 15 is 0 Å². The van der Waals surface area contributed by atoms with Crippen LogP contribution in [0.4, 0.5) is 0 Å². The zero-order valence-electron chi connectivity index (χ0n) is 9.56. The number of hydrogen-bond donors (Lipinski definition) is 1. The van der Waals surface area contributed by atoms with E-state index in [-0.39, 0.29) is 11.1 Å². The largest absolute Gasteiger partial charge is 0.365 e. The van der Waals surface area contributed by atoms with Gasteiger partial charge in [-0.05, 0) is 33.5 Å². The van der Waals surface area contributed by atoms with Crippen LogP contribution in [0.2, 0.25) is 0 Å². The predicted octanol–water partition coefficient (Wildman–Crippen LogP) is 1.25. The molecule has 0 amide bonds. The number of aromatic amines is 1. The zero-order chi connectivity index (χ0) is 11.8. The van der Waals surface area contributed by atoms with Gasteiger partial charge in [-0.1, -0.05) is 32.9 Å². The van der Waals surface area contributed by atoms with Gasteiger partial charge in [0.2, 0.25) is 0 Å². The highest BCUT2D eigenvalue weighted by molar-refractivity contribution is 5.35. The molecule has 2 rings (SSSR count). The van der Waals surface area contributed by atoms with Gasteiger partial charge in [0.05, 0.1) is 5.69 Å². The molecule has 0 aliphatic carbocycles. The maximum atomic E-state index is 11.3. The van der Waals surface area contributed by atoms with Crippen molar-refractivity contribution in [2.75, 3.05) is 0 Å². The third kappa shape index (κ3) is 1.88. The second-order valence-electron chi connectivity index (χ2n) is 4.72. The summed E-state index contributed by atoms with van der Waals surface area (Å²) in [5, 5.41) is 9.38. The fourth-order valence-corrected chi connectivity index (χ4v) is 1.47. The van der Waals surface area contributed by atoms with Gasteiger partial charge >= 0.3 is 5.69 Å². The van der Waals surface area contributed by atoms with Crippen molar-refractivity contribution in [3.8, 4) is 5.69 Å². The van der Waals surface area contributed by atoms with Crippen molar-refractivity contribution in [3.05, 3.63) is 40.3 Å². The standard InChI is InChI=1S/C11H14N4O/c1-11(2,3)8-4-6-9(7-5-8)15-10(16)12-13-14-15/h4-7H,1-3H3,(H,12,14,16). The number of hydrogen-bond acceptors (Lipinski definition) is 3. The van der Waals surface area contributed by atoms with Crippen LogP contribution in [0.15, 0.2) is 29.1 Å². The van der Waals surface area contributed by atoms with Crippen molar-refractivity contribution in [1.82, 2.24) is 20.2 Å². The van der Waals surface area contributed by atoms with Crippen molar-refractivity contribution in [1.29, 1.82) is 0 Å². The Balaban J connectivity index is 2.41. The van der Waals surface area contributed by atoms with E-state index in [9.17, 15) is 4.79 Å². The molecule has 1 N–H and O–H groups in total. The first-order valence-corrected chi connectivity index (χ1v) is 5.10. The summed E-state index contributed by atoms with van der Waals surface area (Å²) in [6.07, 6.45) is 0. The van der Waals surface area contributed by atoms with E-state index in [0.717, 1.165) is 0 Å². The first-order valence-electron chi connectivity index (χ1n) is 5.10. The van der Waals surface area contributed by atoms with Gasteiger partial charge < -0.3 is 0 Å². The Morgan fingerprint density at radius 2 is 1.81 bits per heavy atom. The number of benzene rings is 1. The molecule has 2 aromatic rings. The molecule has 0 fully saturated rings. The van der Waals surface area contributed by atoms with Crippen LogP contribution in [-0.4, -0.2) is 20.2 Å². The summed E-state index contributed by atoms with van der Waals surface area (Å²) in [6, 6.07) is 7.72. The Morgan fingerprint density at radius 1 is 1.19 bits per heavy atom. The predicted molar refractivity (Wildman–Crippen MR) is 60.7 cm³/mol. The summed E-state index contributed by atoms with van der Waals surface area (Å²) in [4.78, 5) is 11.3. The average molecular weight is 218 g/mol. The summed E-state index contributed by atoms with van der Waals surface area (Å²) in [5.74, 6) is 0. The lowest BCUT2D eigenvalue weighted by molar-refractivity contribution is 0.590. The average Bonchev–Trinajstić information content (AvgIpc) is 2.63. The van der Waals surface area contributed by atoms with Gasteiger partial charge in [-0.3, -0.25) is 0 Å². The number of aromatic nitrogens is 4. The summed E-state index contributed by atoms with van der Waals surface area (Å²) < 4.78 is 1.23. The van der Waals surface area contributed by atoms with Crippen LogP contribution in [0.25, 0.3) is 5.69 Å². The van der Waals surface area contributed by atoms with Crippen molar-refractivity contribution in [2.24, 2.45) is 0 Å². The summed E-state index contributed by atoms with van der Waals surface area (Å²) in [6.45, 7) is 6.43. The summed E-state index contributed by atoms with van der Waals surface area (Å²) in [5.41, 5.74) is 1.70. The molecule has 0 unspecified atom stereocenters. The Morgan fingerprint density at radius 3 is 2.25 bits per heavy atom. The monoisotopic (exact) mass is 218 g/mol. The van der Waals surface area contributed by atoms with Crippen LogP contribution >= 0.6 is 0 Å². The van der Waals surface area contributed by atoms with Crippen LogP contribution in [-0.2, 0) is 5.41 Å². The van der Waals surface area contributed by atoms with Crippen molar-refractivity contribution in [2.45, 2.75) is 26.2 Å². The molecule has 0 radical (unpaired) electrons. The molecule has 0 saturated heterocycles. The minimum atomic E-state index is -0.330. The Kier molecular flexibility index (Phi) is 2.38. The molecule has 0 atom stereocenters. The molecule has 1 aromatic carbocycles. The van der Waals surface area contributed by atoms with E-state index in [1.807, 2.05) is 24.3 Å². The number of nitrogens with one attached hydrogen (secondary N) is 1. The zero-order valence-corrected chi connectivity index (χ0v) is 9.56. The molecule has 5 nitrogen and oxygen atoms in total. The maximum absolute atomic E-state index is 11.3. The summed E-state index contributed by atoms with van der Waals surface area (Å²) in [7, 11) is 0. The van der Waals surface area contributed by atoms with Gasteiger partial charge in [0, 0.05) is 0 Å². The molecule has 0 spiro atoms. The first-order chi connectivity index (χ1) is 7.48. The molecule has 0 saturated carbocycles. The molecule has 0 aliphatic heterocycles. The maximum Gasteiger partial charge on any atom is 0.365 e. The lowest BCUT2D eigenvalue weighted by atomic mass is 9.87. The first kappa shape index (κ1) is 10.6. The van der Waals surface area contributed by atoms with Crippen LogP contribution in [0.1, 0.15) is 26.3 Å². The lowest BCUT2D eigenvalue weighted by Gasteiger charge is -2.18. The SMILES string of the molecule is CC(C)(C)c1ccc(-n2nn[nH]c2=O)cc1. The molecule has 5 heteroatoms. The van der Waals surface area contributed by atoms with Crippen molar-refractivity contribution < 1.29 is 0 Å². The summed E-state index contributed by atoms with van der Waals surface area (Å²) >= 11 is 0. The number of nitrogens with zero attached hydrogens (tertiary/aromatic N) is 3. The van der Waals surface area contributed by atoms with E-state index in [1.54, 1.807) is 0 Å². The number of rotatable bonds is 1. The Labute approximate surface area is 93.1 Å². The topological polar surface area (TPSA) is 63.6 Å². The lowest BCUT2D eigenvalue weighted by Crippen LogP contribution is -2.16. The fourth-order valence-electron chi connectivity index (χ4n) is 1.47. The second-order valence-corrected chi connectivity index (χ2v) is 4.72.